The Balaban J connectivity index is 2.19. The molecular formula is C12H13N3O3. The fourth-order valence-corrected chi connectivity index (χ4v) is 2.19. The van der Waals surface area contributed by atoms with Gasteiger partial charge >= 0.3 is 11.4 Å². The molecule has 1 aromatic carbocycles. The van der Waals surface area contributed by atoms with Gasteiger partial charge in [0.1, 0.15) is 13.1 Å². The molecule has 94 valence electrons. The van der Waals surface area contributed by atoms with Gasteiger partial charge in [-0.15, -0.1) is 0 Å². The number of para-hydroxylation sites is 2. The SMILES string of the molecule is O=c1[nH]c2ccccc2[n+]([O-])c1N1CCOCC1. The molecule has 1 aliphatic heterocycles. The lowest BCUT2D eigenvalue weighted by Crippen LogP contribution is -2.48. The van der Waals surface area contributed by atoms with E-state index in [1.807, 2.05) is 0 Å². The standard InChI is InChI=1S/C12H13N3O3/c16-11-12(14-5-7-18-8-6-14)15(17)10-4-2-1-3-9(10)13-11/h1-4H,5-8H2,(H,13,16). The van der Waals surface area contributed by atoms with Crippen molar-refractivity contribution >= 4 is 16.9 Å². The summed E-state index contributed by atoms with van der Waals surface area (Å²) in [5.74, 6) is 0.150. The van der Waals surface area contributed by atoms with Crippen LogP contribution < -0.4 is 15.2 Å². The van der Waals surface area contributed by atoms with E-state index in [0.29, 0.717) is 42.1 Å². The summed E-state index contributed by atoms with van der Waals surface area (Å²) >= 11 is 0. The zero-order valence-electron chi connectivity index (χ0n) is 9.76. The third-order valence-corrected chi connectivity index (χ3v) is 3.08. The predicted molar refractivity (Wildman–Crippen MR) is 66.6 cm³/mol. The largest absolute Gasteiger partial charge is 0.710 e. The van der Waals surface area contributed by atoms with E-state index < -0.39 is 0 Å². The van der Waals surface area contributed by atoms with E-state index in [0.717, 1.165) is 0 Å². The smallest absolute Gasteiger partial charge is 0.347 e. The molecule has 0 atom stereocenters. The monoisotopic (exact) mass is 247 g/mol. The molecule has 0 unspecified atom stereocenters. The first-order chi connectivity index (χ1) is 8.77. The summed E-state index contributed by atoms with van der Waals surface area (Å²) in [5.41, 5.74) is 0.665. The van der Waals surface area contributed by atoms with Crippen molar-refractivity contribution in [2.24, 2.45) is 0 Å². The second kappa shape index (κ2) is 4.30. The fraction of sp³-hybridized carbons (Fsp3) is 0.333. The van der Waals surface area contributed by atoms with Gasteiger partial charge in [-0.25, -0.2) is 4.73 Å². The quantitative estimate of drug-likeness (QED) is 0.568. The van der Waals surface area contributed by atoms with E-state index in [-0.39, 0.29) is 11.4 Å². The number of rotatable bonds is 1. The average molecular weight is 247 g/mol. The van der Waals surface area contributed by atoms with Crippen LogP contribution in [-0.2, 0) is 4.74 Å². The normalized spacial score (nSPS) is 16.1. The molecule has 1 aromatic heterocycles. The van der Waals surface area contributed by atoms with Crippen LogP contribution in [0.2, 0.25) is 0 Å². The summed E-state index contributed by atoms with van der Waals surface area (Å²) < 4.78 is 5.93. The molecule has 1 fully saturated rings. The third-order valence-electron chi connectivity index (χ3n) is 3.08. The molecule has 2 heterocycles. The first kappa shape index (κ1) is 11.0. The summed E-state index contributed by atoms with van der Waals surface area (Å²) in [6, 6.07) is 6.97. The molecule has 0 saturated carbocycles. The molecule has 0 aliphatic carbocycles. The first-order valence-corrected chi connectivity index (χ1v) is 5.84. The van der Waals surface area contributed by atoms with Crippen molar-refractivity contribution in [2.75, 3.05) is 31.2 Å². The van der Waals surface area contributed by atoms with E-state index in [1.54, 1.807) is 29.2 Å². The molecule has 2 aromatic rings. The number of ether oxygens (including phenoxy) is 1. The number of H-pyrrole nitrogens is 1. The molecule has 1 N–H and O–H groups in total. The molecule has 3 rings (SSSR count). The number of fused-ring (bicyclic) bond motifs is 1. The van der Waals surface area contributed by atoms with Crippen molar-refractivity contribution in [2.45, 2.75) is 0 Å². The van der Waals surface area contributed by atoms with E-state index in [1.165, 1.54) is 0 Å². The van der Waals surface area contributed by atoms with Crippen LogP contribution in [0.3, 0.4) is 0 Å². The van der Waals surface area contributed by atoms with Crippen LogP contribution in [-0.4, -0.2) is 31.3 Å². The molecule has 6 nitrogen and oxygen atoms in total. The number of hydrogen-bond donors (Lipinski definition) is 1. The lowest BCUT2D eigenvalue weighted by molar-refractivity contribution is -0.565. The van der Waals surface area contributed by atoms with E-state index in [9.17, 15) is 10.0 Å². The van der Waals surface area contributed by atoms with Crippen LogP contribution in [0.25, 0.3) is 11.0 Å². The summed E-state index contributed by atoms with van der Waals surface area (Å²) in [6.45, 7) is 2.19. The van der Waals surface area contributed by atoms with E-state index in [4.69, 9.17) is 4.74 Å². The summed E-state index contributed by atoms with van der Waals surface area (Å²) in [4.78, 5) is 16.5. The molecule has 0 radical (unpaired) electrons. The lowest BCUT2D eigenvalue weighted by Gasteiger charge is -2.24. The van der Waals surface area contributed by atoms with Crippen molar-refractivity contribution in [3.05, 3.63) is 39.8 Å². The van der Waals surface area contributed by atoms with Gasteiger partial charge < -0.3 is 14.9 Å². The Hall–Kier alpha value is -2.08. The summed E-state index contributed by atoms with van der Waals surface area (Å²) in [5, 5.41) is 12.3. The van der Waals surface area contributed by atoms with E-state index in [2.05, 4.69) is 4.98 Å². The Morgan fingerprint density at radius 2 is 2.00 bits per heavy atom. The molecule has 0 spiro atoms. The molecule has 1 saturated heterocycles. The second-order valence-electron chi connectivity index (χ2n) is 4.19. The van der Waals surface area contributed by atoms with Crippen molar-refractivity contribution in [1.82, 2.24) is 4.98 Å². The second-order valence-corrected chi connectivity index (χ2v) is 4.19. The number of aromatic amines is 1. The summed E-state index contributed by atoms with van der Waals surface area (Å²) in [7, 11) is 0. The van der Waals surface area contributed by atoms with Crippen LogP contribution in [0, 0.1) is 5.21 Å². The predicted octanol–water partition coefficient (Wildman–Crippen LogP) is -0.00190. The highest BCUT2D eigenvalue weighted by Gasteiger charge is 2.25. The van der Waals surface area contributed by atoms with E-state index >= 15 is 0 Å². The molecular weight excluding hydrogens is 234 g/mol. The highest BCUT2D eigenvalue weighted by molar-refractivity contribution is 5.71. The first-order valence-electron chi connectivity index (χ1n) is 5.84. The van der Waals surface area contributed by atoms with Crippen LogP contribution in [0.15, 0.2) is 29.1 Å². The number of hydrogen-bond acceptors (Lipinski definition) is 4. The van der Waals surface area contributed by atoms with Crippen molar-refractivity contribution in [1.29, 1.82) is 0 Å². The van der Waals surface area contributed by atoms with Gasteiger partial charge in [0, 0.05) is 0 Å². The molecule has 1 aliphatic rings. The number of nitrogens with one attached hydrogen (secondary N) is 1. The lowest BCUT2D eigenvalue weighted by atomic mass is 10.3. The molecule has 6 heteroatoms. The van der Waals surface area contributed by atoms with Gasteiger partial charge in [-0.2, -0.15) is 0 Å². The maximum absolute atomic E-state index is 12.3. The Labute approximate surface area is 103 Å². The Kier molecular flexibility index (Phi) is 2.64. The minimum Gasteiger partial charge on any atom is -0.710 e. The van der Waals surface area contributed by atoms with Crippen LogP contribution >= 0.6 is 0 Å². The number of morpholine rings is 1. The number of nitrogens with zero attached hydrogens (tertiary/aromatic N) is 2. The van der Waals surface area contributed by atoms with Gasteiger partial charge in [0.25, 0.3) is 0 Å². The van der Waals surface area contributed by atoms with Gasteiger partial charge in [-0.05, 0) is 12.1 Å². The average Bonchev–Trinajstić information content (AvgIpc) is 2.40. The molecule has 0 bridgehead atoms. The van der Waals surface area contributed by atoms with Crippen molar-refractivity contribution in [3.8, 4) is 0 Å². The summed E-state index contributed by atoms with van der Waals surface area (Å²) in [6.07, 6.45) is 0. The minimum absolute atomic E-state index is 0.150. The zero-order chi connectivity index (χ0) is 12.5. The number of benzene rings is 1. The highest BCUT2D eigenvalue weighted by atomic mass is 16.5. The molecule has 0 amide bonds. The zero-order valence-corrected chi connectivity index (χ0v) is 9.76. The van der Waals surface area contributed by atoms with Crippen LogP contribution in [0.4, 0.5) is 5.82 Å². The van der Waals surface area contributed by atoms with Gasteiger partial charge in [0.15, 0.2) is 5.52 Å². The van der Waals surface area contributed by atoms with Gasteiger partial charge in [-0.1, -0.05) is 12.1 Å². The Morgan fingerprint density at radius 3 is 2.78 bits per heavy atom. The maximum atomic E-state index is 12.3. The highest BCUT2D eigenvalue weighted by Crippen LogP contribution is 2.10. The molecule has 18 heavy (non-hydrogen) atoms. The van der Waals surface area contributed by atoms with Crippen molar-refractivity contribution < 1.29 is 9.47 Å². The fourth-order valence-electron chi connectivity index (χ4n) is 2.19. The van der Waals surface area contributed by atoms with Crippen LogP contribution in [0.5, 0.6) is 0 Å². The topological polar surface area (TPSA) is 72.3 Å². The van der Waals surface area contributed by atoms with Crippen LogP contribution in [0.1, 0.15) is 0 Å². The van der Waals surface area contributed by atoms with Crippen molar-refractivity contribution in [3.63, 3.8) is 0 Å². The third kappa shape index (κ3) is 1.70. The minimum atomic E-state index is -0.356. The van der Waals surface area contributed by atoms with Gasteiger partial charge in [0.05, 0.1) is 18.7 Å². The van der Waals surface area contributed by atoms with Gasteiger partial charge in [-0.3, -0.25) is 9.69 Å². The Morgan fingerprint density at radius 1 is 1.28 bits per heavy atom. The number of anilines is 1. The number of aromatic nitrogens is 2. The Bertz CT molecular complexity index is 632. The maximum Gasteiger partial charge on any atom is 0.347 e. The van der Waals surface area contributed by atoms with Gasteiger partial charge in [0.2, 0.25) is 0 Å².